The van der Waals surface area contributed by atoms with Gasteiger partial charge in [-0.25, -0.2) is 0 Å². The van der Waals surface area contributed by atoms with E-state index < -0.39 is 0 Å². The molecule has 0 amide bonds. The zero-order chi connectivity index (χ0) is 9.68. The number of thioether (sulfide) groups is 1. The molecule has 0 spiro atoms. The molecular formula is C10H11ClOS. The molecule has 0 fully saturated rings. The summed E-state index contributed by atoms with van der Waals surface area (Å²) in [6, 6.07) is 7.20. The lowest BCUT2D eigenvalue weighted by atomic mass is 10.3. The molecule has 3 heteroatoms. The number of hydrogen-bond acceptors (Lipinski definition) is 2. The summed E-state index contributed by atoms with van der Waals surface area (Å²) in [6.45, 7) is 1.97. The van der Waals surface area contributed by atoms with Crippen molar-refractivity contribution in [3.63, 3.8) is 0 Å². The average molecular weight is 215 g/mol. The Morgan fingerprint density at radius 2 is 2.38 bits per heavy atom. The van der Waals surface area contributed by atoms with E-state index in [4.69, 9.17) is 11.6 Å². The summed E-state index contributed by atoms with van der Waals surface area (Å²) in [5.41, 5.74) is 2.70. The van der Waals surface area contributed by atoms with Crippen LogP contribution in [0, 0.1) is 0 Å². The zero-order valence-electron chi connectivity index (χ0n) is 7.33. The van der Waals surface area contributed by atoms with Gasteiger partial charge in [-0.2, -0.15) is 0 Å². The summed E-state index contributed by atoms with van der Waals surface area (Å²) in [4.78, 5) is 1.05. The maximum Gasteiger partial charge on any atom is 0.116 e. The molecule has 1 aromatic carbocycles. The minimum absolute atomic E-state index is 0.303. The number of halogens is 1. The molecule has 0 radical (unpaired) electrons. The highest BCUT2D eigenvalue weighted by Crippen LogP contribution is 2.23. The van der Waals surface area contributed by atoms with Gasteiger partial charge in [0.05, 0.1) is 0 Å². The fourth-order valence-corrected chi connectivity index (χ4v) is 1.83. The molecule has 1 rings (SSSR count). The molecule has 13 heavy (non-hydrogen) atoms. The van der Waals surface area contributed by atoms with Gasteiger partial charge in [0, 0.05) is 16.2 Å². The van der Waals surface area contributed by atoms with Crippen LogP contribution in [0.15, 0.2) is 40.3 Å². The van der Waals surface area contributed by atoms with Crippen molar-refractivity contribution in [2.45, 2.75) is 11.8 Å². The Morgan fingerprint density at radius 3 is 3.00 bits per heavy atom. The van der Waals surface area contributed by atoms with E-state index in [1.807, 2.05) is 19.1 Å². The lowest BCUT2D eigenvalue weighted by Crippen LogP contribution is -1.79. The summed E-state index contributed by atoms with van der Waals surface area (Å²) in [5.74, 6) is 1.16. The van der Waals surface area contributed by atoms with E-state index in [9.17, 15) is 5.11 Å². The quantitative estimate of drug-likeness (QED) is 0.776. The van der Waals surface area contributed by atoms with Gasteiger partial charge in [-0.05, 0) is 25.1 Å². The molecule has 0 saturated heterocycles. The second-order valence-electron chi connectivity index (χ2n) is 2.74. The number of aromatic hydroxyl groups is 1. The van der Waals surface area contributed by atoms with Gasteiger partial charge in [0.1, 0.15) is 5.75 Å². The average Bonchev–Trinajstić information content (AvgIpc) is 2.14. The Hall–Kier alpha value is -0.600. The first kappa shape index (κ1) is 10.5. The first-order valence-corrected chi connectivity index (χ1v) is 5.32. The van der Waals surface area contributed by atoms with E-state index in [1.165, 1.54) is 0 Å². The van der Waals surface area contributed by atoms with Gasteiger partial charge in [-0.1, -0.05) is 23.2 Å². The van der Waals surface area contributed by atoms with Crippen LogP contribution in [0.2, 0.25) is 0 Å². The van der Waals surface area contributed by atoms with Crippen LogP contribution in [0.25, 0.3) is 0 Å². The van der Waals surface area contributed by atoms with Crippen molar-refractivity contribution in [3.05, 3.63) is 35.4 Å². The minimum atomic E-state index is 0.303. The monoisotopic (exact) mass is 214 g/mol. The van der Waals surface area contributed by atoms with Crippen molar-refractivity contribution in [1.29, 1.82) is 0 Å². The van der Waals surface area contributed by atoms with E-state index in [2.05, 4.69) is 0 Å². The molecule has 0 aliphatic rings. The normalized spacial score (nSPS) is 11.7. The third-order valence-electron chi connectivity index (χ3n) is 1.47. The number of benzene rings is 1. The lowest BCUT2D eigenvalue weighted by molar-refractivity contribution is 0.474. The van der Waals surface area contributed by atoms with Crippen molar-refractivity contribution >= 4 is 23.4 Å². The maximum absolute atomic E-state index is 9.18. The molecular weight excluding hydrogens is 204 g/mol. The molecule has 0 atom stereocenters. The third-order valence-corrected chi connectivity index (χ3v) is 3.03. The number of phenols is 1. The fourth-order valence-electron chi connectivity index (χ4n) is 0.802. The summed E-state index contributed by atoms with van der Waals surface area (Å²) in [5, 5.41) is 9.18. The van der Waals surface area contributed by atoms with Crippen LogP contribution in [0.4, 0.5) is 0 Å². The van der Waals surface area contributed by atoms with Gasteiger partial charge in [-0.3, -0.25) is 0 Å². The highest BCUT2D eigenvalue weighted by Gasteiger charge is 1.95. The Morgan fingerprint density at radius 1 is 1.62 bits per heavy atom. The molecule has 0 heterocycles. The number of hydrogen-bond donors (Lipinski definition) is 1. The van der Waals surface area contributed by atoms with Crippen LogP contribution >= 0.6 is 23.4 Å². The van der Waals surface area contributed by atoms with E-state index in [0.717, 1.165) is 16.2 Å². The first-order valence-electron chi connectivity index (χ1n) is 3.90. The van der Waals surface area contributed by atoms with Crippen LogP contribution in [-0.2, 0) is 0 Å². The topological polar surface area (TPSA) is 20.2 Å². The van der Waals surface area contributed by atoms with Crippen LogP contribution in [0.3, 0.4) is 0 Å². The predicted molar refractivity (Wildman–Crippen MR) is 58.4 cm³/mol. The highest BCUT2D eigenvalue weighted by molar-refractivity contribution is 7.99. The van der Waals surface area contributed by atoms with E-state index in [-0.39, 0.29) is 0 Å². The van der Waals surface area contributed by atoms with Crippen molar-refractivity contribution in [1.82, 2.24) is 0 Å². The standard InChI is InChI=1S/C10H11ClOS/c1-8(6-11)7-13-10-4-2-3-9(12)5-10/h2-6,12H,7H2,1H3/b8-6-. The van der Waals surface area contributed by atoms with Gasteiger partial charge in [0.25, 0.3) is 0 Å². The minimum Gasteiger partial charge on any atom is -0.508 e. The summed E-state index contributed by atoms with van der Waals surface area (Å²) < 4.78 is 0. The molecule has 0 aromatic heterocycles. The van der Waals surface area contributed by atoms with Crippen molar-refractivity contribution in [3.8, 4) is 5.75 Å². The first-order chi connectivity index (χ1) is 6.22. The SMILES string of the molecule is C/C(=C/Cl)CSc1cccc(O)c1. The summed E-state index contributed by atoms with van der Waals surface area (Å²) >= 11 is 7.18. The van der Waals surface area contributed by atoms with Gasteiger partial charge in [0.15, 0.2) is 0 Å². The molecule has 0 aliphatic heterocycles. The molecule has 1 N–H and O–H groups in total. The van der Waals surface area contributed by atoms with Gasteiger partial charge >= 0.3 is 0 Å². The smallest absolute Gasteiger partial charge is 0.116 e. The van der Waals surface area contributed by atoms with E-state index in [1.54, 1.807) is 29.4 Å². The second kappa shape index (κ2) is 5.20. The van der Waals surface area contributed by atoms with E-state index >= 15 is 0 Å². The van der Waals surface area contributed by atoms with Gasteiger partial charge in [-0.15, -0.1) is 11.8 Å². The summed E-state index contributed by atoms with van der Waals surface area (Å²) in [6.07, 6.45) is 0. The Balaban J connectivity index is 2.55. The Bertz CT molecular complexity index is 310. The molecule has 1 nitrogen and oxygen atoms in total. The van der Waals surface area contributed by atoms with Crippen molar-refractivity contribution in [2.75, 3.05) is 5.75 Å². The molecule has 70 valence electrons. The molecule has 0 bridgehead atoms. The van der Waals surface area contributed by atoms with Crippen molar-refractivity contribution in [2.24, 2.45) is 0 Å². The Kier molecular flexibility index (Phi) is 4.19. The van der Waals surface area contributed by atoms with Crippen molar-refractivity contribution < 1.29 is 5.11 Å². The third kappa shape index (κ3) is 3.75. The Labute approximate surface area is 87.4 Å². The predicted octanol–water partition coefficient (Wildman–Crippen LogP) is 3.63. The maximum atomic E-state index is 9.18. The number of rotatable bonds is 3. The van der Waals surface area contributed by atoms with Crippen LogP contribution < -0.4 is 0 Å². The molecule has 0 saturated carbocycles. The zero-order valence-corrected chi connectivity index (χ0v) is 8.90. The molecule has 0 aliphatic carbocycles. The number of phenolic OH excluding ortho intramolecular Hbond substituents is 1. The molecule has 1 aromatic rings. The van der Waals surface area contributed by atoms with Gasteiger partial charge < -0.3 is 5.11 Å². The second-order valence-corrected chi connectivity index (χ2v) is 4.01. The molecule has 0 unspecified atom stereocenters. The highest BCUT2D eigenvalue weighted by atomic mass is 35.5. The van der Waals surface area contributed by atoms with E-state index in [0.29, 0.717) is 5.75 Å². The van der Waals surface area contributed by atoms with Crippen LogP contribution in [-0.4, -0.2) is 10.9 Å². The van der Waals surface area contributed by atoms with Crippen LogP contribution in [0.1, 0.15) is 6.92 Å². The van der Waals surface area contributed by atoms with Crippen LogP contribution in [0.5, 0.6) is 5.75 Å². The van der Waals surface area contributed by atoms with Gasteiger partial charge in [0.2, 0.25) is 0 Å². The fraction of sp³-hybridized carbons (Fsp3) is 0.200. The lowest BCUT2D eigenvalue weighted by Gasteiger charge is -2.01. The summed E-state index contributed by atoms with van der Waals surface area (Å²) in [7, 11) is 0. The largest absolute Gasteiger partial charge is 0.508 e.